The van der Waals surface area contributed by atoms with E-state index in [-0.39, 0.29) is 11.4 Å². The van der Waals surface area contributed by atoms with Crippen LogP contribution in [0.5, 0.6) is 0 Å². The maximum absolute atomic E-state index is 13.2. The number of benzene rings is 1. The highest BCUT2D eigenvalue weighted by Crippen LogP contribution is 2.40. The van der Waals surface area contributed by atoms with Crippen molar-refractivity contribution >= 4 is 29.0 Å². The van der Waals surface area contributed by atoms with Crippen LogP contribution in [-0.4, -0.2) is 40.4 Å². The van der Waals surface area contributed by atoms with E-state index in [2.05, 4.69) is 30.5 Å². The fourth-order valence-corrected chi connectivity index (χ4v) is 4.66. The molecule has 196 valence electrons. The number of nitrogens with two attached hydrogens (primary N) is 1. The van der Waals surface area contributed by atoms with Gasteiger partial charge in [0.15, 0.2) is 5.82 Å². The standard InChI is InChI=1S/C27H24ClN9O2/c1-14-23(27(39)37(36(14)2)22-6-4-3-5-17(22)28)26(38)32-16-9-10-18(30-12-16)24-25(29)31-13-21(33-24)20-11-19(34-35-20)15-7-8-15/h3-6,9-13,15H,7-8H2,1-2H3,(H2,29,31)(H,32,38)(H,34,35). The van der Waals surface area contributed by atoms with Gasteiger partial charge in [-0.15, -0.1) is 0 Å². The molecule has 0 spiro atoms. The third-order valence-corrected chi connectivity index (χ3v) is 7.12. The number of hydrogen-bond donors (Lipinski definition) is 3. The Labute approximate surface area is 227 Å². The number of para-hydroxylation sites is 1. The predicted molar refractivity (Wildman–Crippen MR) is 148 cm³/mol. The van der Waals surface area contributed by atoms with Crippen LogP contribution < -0.4 is 16.6 Å². The molecule has 11 nitrogen and oxygen atoms in total. The maximum Gasteiger partial charge on any atom is 0.284 e. The molecule has 1 amide bonds. The van der Waals surface area contributed by atoms with Gasteiger partial charge < -0.3 is 11.1 Å². The lowest BCUT2D eigenvalue weighted by Gasteiger charge is -2.09. The number of carbonyl (C=O) groups is 1. The van der Waals surface area contributed by atoms with Crippen LogP contribution in [0.15, 0.2) is 59.7 Å². The number of anilines is 2. The molecule has 1 saturated carbocycles. The predicted octanol–water partition coefficient (Wildman–Crippen LogP) is 4.09. The van der Waals surface area contributed by atoms with Crippen molar-refractivity contribution < 1.29 is 4.79 Å². The van der Waals surface area contributed by atoms with Crippen LogP contribution in [0.25, 0.3) is 28.5 Å². The fraction of sp³-hybridized carbons (Fsp3) is 0.185. The number of nitrogen functional groups attached to an aromatic ring is 1. The van der Waals surface area contributed by atoms with E-state index in [0.29, 0.717) is 50.8 Å². The molecule has 1 fully saturated rings. The van der Waals surface area contributed by atoms with Crippen molar-refractivity contribution in [1.82, 2.24) is 34.5 Å². The molecular formula is C27H24ClN9O2. The SMILES string of the molecule is Cc1c(C(=O)Nc2ccc(-c3nc(-c4cc(C5CC5)[nH]n4)cnc3N)nc2)c(=O)n(-c2ccccc2Cl)n1C. The summed E-state index contributed by atoms with van der Waals surface area (Å²) in [6, 6.07) is 12.3. The first kappa shape index (κ1) is 24.6. The molecule has 1 aliphatic carbocycles. The quantitative estimate of drug-likeness (QED) is 0.293. The maximum atomic E-state index is 13.2. The first-order valence-electron chi connectivity index (χ1n) is 12.3. The first-order valence-corrected chi connectivity index (χ1v) is 12.7. The van der Waals surface area contributed by atoms with E-state index >= 15 is 0 Å². The zero-order valence-corrected chi connectivity index (χ0v) is 21.9. The lowest BCUT2D eigenvalue weighted by atomic mass is 10.2. The second kappa shape index (κ2) is 9.52. The highest BCUT2D eigenvalue weighted by molar-refractivity contribution is 6.32. The third-order valence-electron chi connectivity index (χ3n) is 6.80. The smallest absolute Gasteiger partial charge is 0.284 e. The highest BCUT2D eigenvalue weighted by atomic mass is 35.5. The van der Waals surface area contributed by atoms with Crippen molar-refractivity contribution in [3.05, 3.63) is 87.2 Å². The second-order valence-electron chi connectivity index (χ2n) is 9.41. The van der Waals surface area contributed by atoms with Gasteiger partial charge in [-0.3, -0.25) is 24.4 Å². The molecule has 12 heteroatoms. The minimum absolute atomic E-state index is 0.00822. The molecule has 4 heterocycles. The van der Waals surface area contributed by atoms with E-state index in [0.717, 1.165) is 18.5 Å². The Bertz CT molecular complexity index is 1780. The molecule has 0 saturated heterocycles. The second-order valence-corrected chi connectivity index (χ2v) is 9.82. The zero-order valence-electron chi connectivity index (χ0n) is 21.1. The van der Waals surface area contributed by atoms with Crippen LogP contribution in [0.1, 0.15) is 40.5 Å². The minimum atomic E-state index is -0.556. The monoisotopic (exact) mass is 541 g/mol. The van der Waals surface area contributed by atoms with Gasteiger partial charge in [0.25, 0.3) is 11.5 Å². The highest BCUT2D eigenvalue weighted by Gasteiger charge is 2.26. The van der Waals surface area contributed by atoms with Gasteiger partial charge in [-0.05, 0) is 50.1 Å². The molecule has 0 radical (unpaired) electrons. The van der Waals surface area contributed by atoms with Gasteiger partial charge in [0.2, 0.25) is 0 Å². The summed E-state index contributed by atoms with van der Waals surface area (Å²) >= 11 is 6.31. The summed E-state index contributed by atoms with van der Waals surface area (Å²) in [4.78, 5) is 39.7. The molecule has 1 aromatic carbocycles. The number of halogens is 1. The summed E-state index contributed by atoms with van der Waals surface area (Å²) in [5.41, 5.74) is 10.3. The number of nitrogens with zero attached hydrogens (tertiary/aromatic N) is 6. The Morgan fingerprint density at radius 3 is 2.62 bits per heavy atom. The van der Waals surface area contributed by atoms with Crippen molar-refractivity contribution in [2.75, 3.05) is 11.1 Å². The number of rotatable bonds is 6. The minimum Gasteiger partial charge on any atom is -0.382 e. The van der Waals surface area contributed by atoms with E-state index in [1.165, 1.54) is 10.9 Å². The van der Waals surface area contributed by atoms with Crippen molar-refractivity contribution in [2.45, 2.75) is 25.7 Å². The Morgan fingerprint density at radius 2 is 1.90 bits per heavy atom. The molecule has 0 aliphatic heterocycles. The van der Waals surface area contributed by atoms with Crippen LogP contribution in [0.4, 0.5) is 11.5 Å². The number of carbonyl (C=O) groups excluding carboxylic acids is 1. The van der Waals surface area contributed by atoms with Crippen molar-refractivity contribution in [2.24, 2.45) is 7.05 Å². The number of aromatic amines is 1. The summed E-state index contributed by atoms with van der Waals surface area (Å²) in [5.74, 6) is 0.205. The molecule has 0 bridgehead atoms. The lowest BCUT2D eigenvalue weighted by molar-refractivity contribution is 0.102. The van der Waals surface area contributed by atoms with Gasteiger partial charge in [0.1, 0.15) is 22.6 Å². The Balaban J connectivity index is 1.25. The first-order chi connectivity index (χ1) is 18.8. The Morgan fingerprint density at radius 1 is 1.10 bits per heavy atom. The number of H-pyrrole nitrogens is 1. The normalized spacial score (nSPS) is 13.0. The van der Waals surface area contributed by atoms with Gasteiger partial charge in [0.05, 0.1) is 40.2 Å². The number of amides is 1. The van der Waals surface area contributed by atoms with Gasteiger partial charge >= 0.3 is 0 Å². The molecule has 0 unspecified atom stereocenters. The average Bonchev–Trinajstić information content (AvgIpc) is 3.61. The van der Waals surface area contributed by atoms with Gasteiger partial charge in [0, 0.05) is 18.7 Å². The van der Waals surface area contributed by atoms with E-state index < -0.39 is 11.5 Å². The third kappa shape index (κ3) is 4.46. The van der Waals surface area contributed by atoms with E-state index in [1.807, 2.05) is 6.07 Å². The molecular weight excluding hydrogens is 518 g/mol. The molecule has 6 rings (SSSR count). The molecule has 0 atom stereocenters. The number of aromatic nitrogens is 7. The van der Waals surface area contributed by atoms with Gasteiger partial charge in [-0.1, -0.05) is 23.7 Å². The Hall–Kier alpha value is -4.77. The summed E-state index contributed by atoms with van der Waals surface area (Å²) in [7, 11) is 1.70. The summed E-state index contributed by atoms with van der Waals surface area (Å²) in [5, 5.41) is 10.6. The molecule has 5 aromatic rings. The Kier molecular flexibility index (Phi) is 5.99. The topological polar surface area (TPSA) is 149 Å². The summed E-state index contributed by atoms with van der Waals surface area (Å²) in [6.07, 6.45) is 5.38. The molecule has 1 aliphatic rings. The van der Waals surface area contributed by atoms with E-state index in [9.17, 15) is 9.59 Å². The number of pyridine rings is 1. The molecule has 4 N–H and O–H groups in total. The molecule has 4 aromatic heterocycles. The summed E-state index contributed by atoms with van der Waals surface area (Å²) < 4.78 is 2.97. The van der Waals surface area contributed by atoms with Crippen LogP contribution >= 0.6 is 11.6 Å². The van der Waals surface area contributed by atoms with E-state index in [1.54, 1.807) is 61.2 Å². The van der Waals surface area contributed by atoms with Crippen LogP contribution in [0.3, 0.4) is 0 Å². The zero-order chi connectivity index (χ0) is 27.3. The van der Waals surface area contributed by atoms with Crippen molar-refractivity contribution in [3.8, 4) is 28.5 Å². The van der Waals surface area contributed by atoms with Gasteiger partial charge in [-0.25, -0.2) is 14.6 Å². The van der Waals surface area contributed by atoms with E-state index in [4.69, 9.17) is 17.3 Å². The average molecular weight is 542 g/mol. The van der Waals surface area contributed by atoms with Crippen LogP contribution in [0, 0.1) is 6.92 Å². The van der Waals surface area contributed by atoms with Crippen molar-refractivity contribution in [3.63, 3.8) is 0 Å². The fourth-order valence-electron chi connectivity index (χ4n) is 4.45. The lowest BCUT2D eigenvalue weighted by Crippen LogP contribution is -2.25. The van der Waals surface area contributed by atoms with Crippen molar-refractivity contribution in [1.29, 1.82) is 0 Å². The largest absolute Gasteiger partial charge is 0.382 e. The number of nitrogens with one attached hydrogen (secondary N) is 2. The number of hydrogen-bond acceptors (Lipinski definition) is 7. The summed E-state index contributed by atoms with van der Waals surface area (Å²) in [6.45, 7) is 1.70. The van der Waals surface area contributed by atoms with Crippen LogP contribution in [0.2, 0.25) is 5.02 Å². The van der Waals surface area contributed by atoms with Gasteiger partial charge in [-0.2, -0.15) is 5.10 Å². The molecule has 39 heavy (non-hydrogen) atoms. The van der Waals surface area contributed by atoms with Crippen LogP contribution in [-0.2, 0) is 7.05 Å².